The van der Waals surface area contributed by atoms with Gasteiger partial charge in [0.1, 0.15) is 5.75 Å². The third-order valence-electron chi connectivity index (χ3n) is 4.05. The Balaban J connectivity index is 1.81. The first-order valence-corrected chi connectivity index (χ1v) is 8.47. The van der Waals surface area contributed by atoms with E-state index in [1.54, 1.807) is 72.8 Å². The number of anilines is 2. The molecule has 2 amide bonds. The summed E-state index contributed by atoms with van der Waals surface area (Å²) in [6, 6.07) is 22.0. The lowest BCUT2D eigenvalue weighted by atomic mass is 10.1. The highest BCUT2D eigenvalue weighted by molar-refractivity contribution is 6.12. The number of para-hydroxylation sites is 3. The van der Waals surface area contributed by atoms with Crippen molar-refractivity contribution < 1.29 is 14.3 Å². The number of benzene rings is 3. The average molecular weight is 371 g/mol. The normalized spacial score (nSPS) is 9.86. The van der Waals surface area contributed by atoms with Gasteiger partial charge < -0.3 is 15.4 Å². The van der Waals surface area contributed by atoms with Crippen LogP contribution in [0.2, 0.25) is 0 Å². The van der Waals surface area contributed by atoms with E-state index in [0.717, 1.165) is 0 Å². The number of carbonyl (C=O) groups is 2. The molecule has 0 saturated carbocycles. The zero-order valence-corrected chi connectivity index (χ0v) is 15.1. The molecule has 0 heterocycles. The van der Waals surface area contributed by atoms with Crippen LogP contribution in [0.1, 0.15) is 26.3 Å². The molecule has 3 aromatic rings. The minimum Gasteiger partial charge on any atom is -0.495 e. The summed E-state index contributed by atoms with van der Waals surface area (Å²) in [5.74, 6) is -0.211. The molecule has 0 aliphatic rings. The second-order valence-electron chi connectivity index (χ2n) is 5.84. The molecule has 0 spiro atoms. The molecule has 0 saturated heterocycles. The van der Waals surface area contributed by atoms with E-state index in [4.69, 9.17) is 10.00 Å². The monoisotopic (exact) mass is 371 g/mol. The lowest BCUT2D eigenvalue weighted by Gasteiger charge is -2.13. The Kier molecular flexibility index (Phi) is 5.68. The highest BCUT2D eigenvalue weighted by atomic mass is 16.5. The lowest BCUT2D eigenvalue weighted by Crippen LogP contribution is -2.18. The Hall–Kier alpha value is -4.11. The standard InChI is InChI=1S/C22H17N3O3/c1-28-20-9-5-4-8-19(20)25-22(27)17-6-2-3-7-18(17)24-21(26)16-12-10-15(14-23)11-13-16/h2-13H,1H3,(H,24,26)(H,25,27). The maximum absolute atomic E-state index is 12.8. The van der Waals surface area contributed by atoms with Crippen molar-refractivity contribution in [2.75, 3.05) is 17.7 Å². The number of nitrogens with one attached hydrogen (secondary N) is 2. The van der Waals surface area contributed by atoms with Crippen molar-refractivity contribution in [2.45, 2.75) is 0 Å². The zero-order chi connectivity index (χ0) is 19.9. The Bertz CT molecular complexity index is 1050. The Labute approximate surface area is 162 Å². The largest absolute Gasteiger partial charge is 0.495 e. The summed E-state index contributed by atoms with van der Waals surface area (Å²) in [4.78, 5) is 25.3. The van der Waals surface area contributed by atoms with E-state index >= 15 is 0 Å². The van der Waals surface area contributed by atoms with Crippen LogP contribution in [0.4, 0.5) is 11.4 Å². The van der Waals surface area contributed by atoms with Crippen LogP contribution in [-0.4, -0.2) is 18.9 Å². The van der Waals surface area contributed by atoms with Crippen LogP contribution in [-0.2, 0) is 0 Å². The van der Waals surface area contributed by atoms with Crippen LogP contribution in [0, 0.1) is 11.3 Å². The number of hydrogen-bond acceptors (Lipinski definition) is 4. The maximum Gasteiger partial charge on any atom is 0.257 e. The number of rotatable bonds is 5. The van der Waals surface area contributed by atoms with Crippen molar-refractivity contribution in [1.82, 2.24) is 0 Å². The van der Waals surface area contributed by atoms with Gasteiger partial charge in [0, 0.05) is 5.56 Å². The first-order chi connectivity index (χ1) is 13.6. The van der Waals surface area contributed by atoms with Gasteiger partial charge >= 0.3 is 0 Å². The second kappa shape index (κ2) is 8.52. The highest BCUT2D eigenvalue weighted by Crippen LogP contribution is 2.25. The second-order valence-corrected chi connectivity index (χ2v) is 5.84. The molecule has 6 nitrogen and oxygen atoms in total. The van der Waals surface area contributed by atoms with Crippen molar-refractivity contribution >= 4 is 23.2 Å². The summed E-state index contributed by atoms with van der Waals surface area (Å²) >= 11 is 0. The van der Waals surface area contributed by atoms with E-state index in [0.29, 0.717) is 33.8 Å². The van der Waals surface area contributed by atoms with E-state index in [-0.39, 0.29) is 11.8 Å². The van der Waals surface area contributed by atoms with Gasteiger partial charge in [0.25, 0.3) is 11.8 Å². The van der Waals surface area contributed by atoms with Crippen LogP contribution in [0.15, 0.2) is 72.8 Å². The molecule has 0 atom stereocenters. The quantitative estimate of drug-likeness (QED) is 0.707. The molecule has 0 fully saturated rings. The predicted molar refractivity (Wildman–Crippen MR) is 106 cm³/mol. The Morgan fingerprint density at radius 3 is 2.11 bits per heavy atom. The number of carbonyl (C=O) groups excluding carboxylic acids is 2. The summed E-state index contributed by atoms with van der Waals surface area (Å²) in [6.45, 7) is 0. The first kappa shape index (κ1) is 18.7. The van der Waals surface area contributed by atoms with E-state index in [9.17, 15) is 9.59 Å². The summed E-state index contributed by atoms with van der Waals surface area (Å²) in [6.07, 6.45) is 0. The topological polar surface area (TPSA) is 91.2 Å². The minimum atomic E-state index is -0.375. The van der Waals surface area contributed by atoms with Gasteiger partial charge in [-0.15, -0.1) is 0 Å². The van der Waals surface area contributed by atoms with Gasteiger partial charge in [-0.1, -0.05) is 24.3 Å². The molecule has 0 aromatic heterocycles. The fourth-order valence-electron chi connectivity index (χ4n) is 2.62. The number of amides is 2. The van der Waals surface area contributed by atoms with E-state index in [2.05, 4.69) is 10.6 Å². The number of ether oxygens (including phenoxy) is 1. The van der Waals surface area contributed by atoms with Gasteiger partial charge in [-0.2, -0.15) is 5.26 Å². The van der Waals surface area contributed by atoms with Crippen molar-refractivity contribution in [2.24, 2.45) is 0 Å². The summed E-state index contributed by atoms with van der Waals surface area (Å²) in [5.41, 5.74) is 2.08. The molecule has 0 unspecified atom stereocenters. The molecule has 0 aliphatic heterocycles. The summed E-state index contributed by atoms with van der Waals surface area (Å²) < 4.78 is 5.25. The molecule has 2 N–H and O–H groups in total. The van der Waals surface area contributed by atoms with Gasteiger partial charge in [-0.05, 0) is 48.5 Å². The average Bonchev–Trinajstić information content (AvgIpc) is 2.74. The number of methoxy groups -OCH3 is 1. The van der Waals surface area contributed by atoms with Crippen molar-refractivity contribution in [3.8, 4) is 11.8 Å². The number of nitrogens with zero attached hydrogens (tertiary/aromatic N) is 1. The highest BCUT2D eigenvalue weighted by Gasteiger charge is 2.15. The fourth-order valence-corrected chi connectivity index (χ4v) is 2.62. The van der Waals surface area contributed by atoms with Crippen molar-refractivity contribution in [3.05, 3.63) is 89.5 Å². The fraction of sp³-hybridized carbons (Fsp3) is 0.0455. The molecule has 0 radical (unpaired) electrons. The third kappa shape index (κ3) is 4.17. The lowest BCUT2D eigenvalue weighted by molar-refractivity contribution is 0.102. The van der Waals surface area contributed by atoms with E-state index < -0.39 is 0 Å². The molecule has 0 bridgehead atoms. The predicted octanol–water partition coefficient (Wildman–Crippen LogP) is 4.07. The van der Waals surface area contributed by atoms with Crippen LogP contribution in [0.5, 0.6) is 5.75 Å². The van der Waals surface area contributed by atoms with Crippen LogP contribution in [0.3, 0.4) is 0 Å². The first-order valence-electron chi connectivity index (χ1n) is 8.47. The number of nitriles is 1. The summed E-state index contributed by atoms with van der Waals surface area (Å²) in [7, 11) is 1.52. The molecule has 138 valence electrons. The third-order valence-corrected chi connectivity index (χ3v) is 4.05. The summed E-state index contributed by atoms with van der Waals surface area (Å²) in [5, 5.41) is 14.4. The molecule has 6 heteroatoms. The number of hydrogen-bond donors (Lipinski definition) is 2. The Morgan fingerprint density at radius 1 is 0.821 bits per heavy atom. The molecular weight excluding hydrogens is 354 g/mol. The zero-order valence-electron chi connectivity index (χ0n) is 15.1. The van der Waals surface area contributed by atoms with Crippen LogP contribution < -0.4 is 15.4 Å². The van der Waals surface area contributed by atoms with Crippen LogP contribution in [0.25, 0.3) is 0 Å². The van der Waals surface area contributed by atoms with Gasteiger partial charge in [0.05, 0.1) is 35.7 Å². The SMILES string of the molecule is COc1ccccc1NC(=O)c1ccccc1NC(=O)c1ccc(C#N)cc1. The minimum absolute atomic E-state index is 0.315. The molecule has 3 aromatic carbocycles. The molecule has 0 aliphatic carbocycles. The van der Waals surface area contributed by atoms with Gasteiger partial charge in [0.15, 0.2) is 0 Å². The molecule has 3 rings (SSSR count). The van der Waals surface area contributed by atoms with Gasteiger partial charge in [0.2, 0.25) is 0 Å². The van der Waals surface area contributed by atoms with E-state index in [1.165, 1.54) is 7.11 Å². The Morgan fingerprint density at radius 2 is 1.43 bits per heavy atom. The maximum atomic E-state index is 12.8. The van der Waals surface area contributed by atoms with Gasteiger partial charge in [-0.3, -0.25) is 9.59 Å². The van der Waals surface area contributed by atoms with E-state index in [1.807, 2.05) is 6.07 Å². The van der Waals surface area contributed by atoms with Crippen molar-refractivity contribution in [3.63, 3.8) is 0 Å². The molecule has 28 heavy (non-hydrogen) atoms. The molecular formula is C22H17N3O3. The van der Waals surface area contributed by atoms with Crippen LogP contribution >= 0.6 is 0 Å². The van der Waals surface area contributed by atoms with Crippen molar-refractivity contribution in [1.29, 1.82) is 5.26 Å². The van der Waals surface area contributed by atoms with Gasteiger partial charge in [-0.25, -0.2) is 0 Å². The smallest absolute Gasteiger partial charge is 0.257 e.